The van der Waals surface area contributed by atoms with Crippen molar-refractivity contribution in [3.63, 3.8) is 0 Å². The Hall–Kier alpha value is -2.48. The average Bonchev–Trinajstić information content (AvgIpc) is 3.16. The summed E-state index contributed by atoms with van der Waals surface area (Å²) in [5, 5.41) is 22.4. The Morgan fingerprint density at radius 1 is 1.37 bits per heavy atom. The van der Waals surface area contributed by atoms with Gasteiger partial charge in [0.25, 0.3) is 0 Å². The van der Waals surface area contributed by atoms with E-state index >= 15 is 0 Å². The zero-order valence-corrected chi connectivity index (χ0v) is 16.9. The first-order chi connectivity index (χ1) is 14.4. The highest BCUT2D eigenvalue weighted by Crippen LogP contribution is 2.70. The summed E-state index contributed by atoms with van der Waals surface area (Å²) in [6.07, 6.45) is 1.85. The smallest absolute Gasteiger partial charge is 0.142 e. The lowest BCUT2D eigenvalue weighted by Gasteiger charge is -2.25. The third kappa shape index (κ3) is 2.76. The number of fused-ring (bicyclic) bond motifs is 2. The molecule has 1 aromatic carbocycles. The molecule has 156 valence electrons. The van der Waals surface area contributed by atoms with Gasteiger partial charge >= 0.3 is 0 Å². The van der Waals surface area contributed by atoms with Crippen molar-refractivity contribution >= 4 is 40.9 Å². The summed E-state index contributed by atoms with van der Waals surface area (Å²) < 4.78 is 16.6. The number of hydrogen-bond acceptors (Lipinski definition) is 5. The van der Waals surface area contributed by atoms with Gasteiger partial charge < -0.3 is 20.5 Å². The predicted octanol–water partition coefficient (Wildman–Crippen LogP) is 3.66. The number of nitrogens with two attached hydrogens (primary N) is 1. The van der Waals surface area contributed by atoms with E-state index in [1.807, 2.05) is 22.9 Å². The predicted molar refractivity (Wildman–Crippen MR) is 115 cm³/mol. The quantitative estimate of drug-likeness (QED) is 0.540. The maximum absolute atomic E-state index is 14.7. The average molecular weight is 429 g/mol. The van der Waals surface area contributed by atoms with E-state index in [2.05, 4.69) is 16.7 Å². The van der Waals surface area contributed by atoms with Crippen LogP contribution in [0.2, 0.25) is 5.02 Å². The molecule has 8 heteroatoms. The number of rotatable bonds is 5. The van der Waals surface area contributed by atoms with Crippen LogP contribution >= 0.6 is 11.6 Å². The highest BCUT2D eigenvalue weighted by Gasteiger charge is 2.70. The molecular formula is C22H22ClFN4O2. The second kappa shape index (κ2) is 6.77. The minimum atomic E-state index is -0.901. The molecule has 5 rings (SSSR count). The van der Waals surface area contributed by atoms with E-state index in [1.165, 1.54) is 6.07 Å². The minimum Gasteiger partial charge on any atom is -0.390 e. The van der Waals surface area contributed by atoms with Crippen molar-refractivity contribution in [1.29, 1.82) is 0 Å². The van der Waals surface area contributed by atoms with Gasteiger partial charge in [0.2, 0.25) is 0 Å². The van der Waals surface area contributed by atoms with E-state index in [0.717, 1.165) is 6.42 Å². The first-order valence-corrected chi connectivity index (χ1v) is 10.3. The van der Waals surface area contributed by atoms with Crippen LogP contribution in [-0.4, -0.2) is 38.7 Å². The largest absolute Gasteiger partial charge is 0.390 e. The fraction of sp³-hybridized carbons (Fsp3) is 0.364. The van der Waals surface area contributed by atoms with Crippen LogP contribution in [0.15, 0.2) is 41.5 Å². The number of pyridine rings is 1. The fourth-order valence-electron chi connectivity index (χ4n) is 5.27. The molecule has 5 atom stereocenters. The maximum atomic E-state index is 14.7. The third-order valence-corrected chi connectivity index (χ3v) is 7.22. The summed E-state index contributed by atoms with van der Waals surface area (Å²) in [6, 6.07) is 8.11. The van der Waals surface area contributed by atoms with E-state index in [9.17, 15) is 14.6 Å². The van der Waals surface area contributed by atoms with Gasteiger partial charge in [-0.2, -0.15) is 0 Å². The molecule has 0 saturated heterocycles. The molecule has 2 fully saturated rings. The molecule has 0 amide bonds. The zero-order valence-electron chi connectivity index (χ0n) is 16.2. The van der Waals surface area contributed by atoms with Crippen molar-refractivity contribution in [2.24, 2.45) is 16.3 Å². The van der Waals surface area contributed by atoms with Crippen LogP contribution in [0.1, 0.15) is 24.4 Å². The number of halogens is 2. The number of aryl methyl sites for hydroxylation is 1. The Bertz CT molecular complexity index is 1170. The molecule has 0 radical (unpaired) electrons. The molecule has 2 aliphatic rings. The number of aromatic nitrogens is 2. The van der Waals surface area contributed by atoms with E-state index < -0.39 is 17.6 Å². The molecule has 0 aliphatic heterocycles. The van der Waals surface area contributed by atoms with E-state index in [0.29, 0.717) is 40.1 Å². The van der Waals surface area contributed by atoms with Crippen molar-refractivity contribution < 1.29 is 14.6 Å². The highest BCUT2D eigenvalue weighted by molar-refractivity contribution is 6.33. The van der Waals surface area contributed by atoms with E-state index in [-0.39, 0.29) is 23.6 Å². The lowest BCUT2D eigenvalue weighted by atomic mass is 9.91. The van der Waals surface area contributed by atoms with Gasteiger partial charge in [0.1, 0.15) is 23.6 Å². The SMILES string of the molecule is C=Nc1cccn1[C@H]1[C@H](O)[C@H](O)C2(CCc3cc4nc(N)c(Cl)cc4cc3F)C[C@H]12. The second-order valence-corrected chi connectivity index (χ2v) is 8.80. The molecule has 3 aromatic rings. The van der Waals surface area contributed by atoms with Crippen LogP contribution in [-0.2, 0) is 6.42 Å². The summed E-state index contributed by atoms with van der Waals surface area (Å²) in [4.78, 5) is 8.25. The molecule has 0 spiro atoms. The molecule has 2 aromatic heterocycles. The van der Waals surface area contributed by atoms with Crippen LogP contribution in [0.4, 0.5) is 16.0 Å². The minimum absolute atomic E-state index is 0.103. The summed E-state index contributed by atoms with van der Waals surface area (Å²) in [5.41, 5.74) is 6.44. The summed E-state index contributed by atoms with van der Waals surface area (Å²) >= 11 is 5.98. The number of nitrogens with zero attached hydrogens (tertiary/aromatic N) is 3. The summed E-state index contributed by atoms with van der Waals surface area (Å²) in [7, 11) is 0. The Morgan fingerprint density at radius 3 is 2.93 bits per heavy atom. The Balaban J connectivity index is 1.40. The normalized spacial score (nSPS) is 29.9. The molecule has 2 aliphatic carbocycles. The summed E-state index contributed by atoms with van der Waals surface area (Å²) in [6.45, 7) is 3.58. The van der Waals surface area contributed by atoms with Crippen LogP contribution in [0.5, 0.6) is 0 Å². The van der Waals surface area contributed by atoms with Crippen molar-refractivity contribution in [3.05, 3.63) is 52.9 Å². The topological polar surface area (TPSA) is 96.7 Å². The van der Waals surface area contributed by atoms with Crippen molar-refractivity contribution in [2.75, 3.05) is 5.73 Å². The molecule has 6 nitrogen and oxygen atoms in total. The van der Waals surface area contributed by atoms with E-state index in [4.69, 9.17) is 17.3 Å². The lowest BCUT2D eigenvalue weighted by molar-refractivity contribution is -0.0194. The molecule has 4 N–H and O–H groups in total. The van der Waals surface area contributed by atoms with Crippen LogP contribution < -0.4 is 5.73 Å². The van der Waals surface area contributed by atoms with Crippen LogP contribution in [0, 0.1) is 17.2 Å². The zero-order chi connectivity index (χ0) is 21.2. The van der Waals surface area contributed by atoms with Gasteiger partial charge in [-0.15, -0.1) is 0 Å². The molecule has 30 heavy (non-hydrogen) atoms. The second-order valence-electron chi connectivity index (χ2n) is 8.39. The number of aliphatic hydroxyl groups is 2. The van der Waals surface area contributed by atoms with Crippen molar-refractivity contribution in [1.82, 2.24) is 9.55 Å². The van der Waals surface area contributed by atoms with Gasteiger partial charge in [-0.05, 0) is 67.8 Å². The monoisotopic (exact) mass is 428 g/mol. The van der Waals surface area contributed by atoms with Gasteiger partial charge in [-0.1, -0.05) is 11.6 Å². The molecule has 2 saturated carbocycles. The number of nitrogen functional groups attached to an aromatic ring is 1. The molecule has 0 bridgehead atoms. The van der Waals surface area contributed by atoms with Gasteiger partial charge in [0.15, 0.2) is 0 Å². The van der Waals surface area contributed by atoms with Crippen molar-refractivity contribution in [2.45, 2.75) is 37.5 Å². The molecular weight excluding hydrogens is 407 g/mol. The van der Waals surface area contributed by atoms with Crippen LogP contribution in [0.3, 0.4) is 0 Å². The Labute approximate surface area is 177 Å². The number of anilines is 1. The number of benzene rings is 1. The van der Waals surface area contributed by atoms with Gasteiger partial charge in [-0.25, -0.2) is 14.4 Å². The van der Waals surface area contributed by atoms with Crippen LogP contribution in [0.25, 0.3) is 10.9 Å². The number of aliphatic hydroxyl groups excluding tert-OH is 2. The van der Waals surface area contributed by atoms with Gasteiger partial charge in [0.05, 0.1) is 22.7 Å². The van der Waals surface area contributed by atoms with Gasteiger partial charge in [-0.3, -0.25) is 0 Å². The third-order valence-electron chi connectivity index (χ3n) is 6.92. The fourth-order valence-corrected chi connectivity index (χ4v) is 5.43. The van der Waals surface area contributed by atoms with E-state index in [1.54, 1.807) is 12.1 Å². The molecule has 2 heterocycles. The highest BCUT2D eigenvalue weighted by atomic mass is 35.5. The van der Waals surface area contributed by atoms with Gasteiger partial charge in [0, 0.05) is 17.0 Å². The maximum Gasteiger partial charge on any atom is 0.142 e. The Kier molecular flexibility index (Phi) is 4.39. The lowest BCUT2D eigenvalue weighted by Crippen LogP contribution is -2.34. The first kappa shape index (κ1) is 19.5. The first-order valence-electron chi connectivity index (χ1n) is 9.89. The Morgan fingerprint density at radius 2 is 2.17 bits per heavy atom. The van der Waals surface area contributed by atoms with Crippen molar-refractivity contribution in [3.8, 4) is 0 Å². The standard InChI is InChI=1S/C22H22ClFN4O2/c1-26-17-3-2-6-28(17)18-13-10-22(13,20(30)19(18)29)5-4-11-9-16-12(8-15(11)24)7-14(23)21(25)27-16/h2-3,6-9,13,18-20,29-30H,1,4-5,10H2,(H2,25,27)/t13-,18-,19+,20+,22?/m1/s1. The molecule has 1 unspecified atom stereocenters. The number of aliphatic imine (C=N–C) groups is 1. The number of hydrogen-bond donors (Lipinski definition) is 3. The summed E-state index contributed by atoms with van der Waals surface area (Å²) in [5.74, 6) is 0.633.